The summed E-state index contributed by atoms with van der Waals surface area (Å²) in [5, 5.41) is 11.6. The Bertz CT molecular complexity index is 658. The molecule has 0 spiro atoms. The van der Waals surface area contributed by atoms with Crippen LogP contribution in [0.2, 0.25) is 0 Å². The lowest BCUT2D eigenvalue weighted by molar-refractivity contribution is -0.123. The molecule has 0 bridgehead atoms. The van der Waals surface area contributed by atoms with Gasteiger partial charge in [-0.25, -0.2) is 4.98 Å². The van der Waals surface area contributed by atoms with E-state index in [-0.39, 0.29) is 19.1 Å². The lowest BCUT2D eigenvalue weighted by atomic mass is 10.2. The fraction of sp³-hybridized carbons (Fsp3) is 0.267. The molecule has 0 fully saturated rings. The molecule has 2 rings (SSSR count). The second kappa shape index (κ2) is 7.10. The van der Waals surface area contributed by atoms with Crippen LogP contribution in [0.5, 0.6) is 5.75 Å². The Balaban J connectivity index is 1.81. The number of carbonyl (C=O) groups is 1. The van der Waals surface area contributed by atoms with Crippen LogP contribution in [-0.4, -0.2) is 17.5 Å². The molecule has 1 aromatic heterocycles. The molecule has 2 aromatic rings. The number of hydrogen-bond donors (Lipinski definition) is 1. The summed E-state index contributed by atoms with van der Waals surface area (Å²) in [6.45, 7) is 2.01. The molecule has 0 saturated carbocycles. The van der Waals surface area contributed by atoms with Gasteiger partial charge in [0.2, 0.25) is 5.89 Å². The van der Waals surface area contributed by atoms with Gasteiger partial charge in [-0.3, -0.25) is 4.79 Å². The number of para-hydroxylation sites is 1. The number of hydrogen-bond acceptors (Lipinski definition) is 5. The predicted octanol–water partition coefficient (Wildman–Crippen LogP) is 1.80. The largest absolute Gasteiger partial charge is 0.482 e. The van der Waals surface area contributed by atoms with Crippen molar-refractivity contribution in [3.63, 3.8) is 0 Å². The first kappa shape index (κ1) is 14.6. The zero-order valence-corrected chi connectivity index (χ0v) is 11.6. The van der Waals surface area contributed by atoms with Crippen LogP contribution in [-0.2, 0) is 17.8 Å². The fourth-order valence-corrected chi connectivity index (χ4v) is 1.65. The van der Waals surface area contributed by atoms with Crippen molar-refractivity contribution in [1.82, 2.24) is 10.3 Å². The zero-order chi connectivity index (χ0) is 15.1. The Kier molecular flexibility index (Phi) is 4.94. The highest BCUT2D eigenvalue weighted by molar-refractivity contribution is 5.77. The SMILES string of the molecule is CCc1cnc(CNC(=O)COc2ccccc2C#N)o1. The number of aryl methyl sites for hydroxylation is 1. The van der Waals surface area contributed by atoms with E-state index in [0.717, 1.165) is 12.2 Å². The number of nitrogens with one attached hydrogen (secondary N) is 1. The summed E-state index contributed by atoms with van der Waals surface area (Å²) in [6.07, 6.45) is 2.40. The summed E-state index contributed by atoms with van der Waals surface area (Å²) < 4.78 is 10.7. The van der Waals surface area contributed by atoms with Crippen molar-refractivity contribution in [2.45, 2.75) is 19.9 Å². The normalized spacial score (nSPS) is 9.90. The van der Waals surface area contributed by atoms with Crippen LogP contribution in [0.1, 0.15) is 24.1 Å². The minimum atomic E-state index is -0.306. The van der Waals surface area contributed by atoms with E-state index in [4.69, 9.17) is 14.4 Å². The number of nitrogens with zero attached hydrogens (tertiary/aromatic N) is 2. The van der Waals surface area contributed by atoms with Gasteiger partial charge in [-0.2, -0.15) is 5.26 Å². The lowest BCUT2D eigenvalue weighted by Gasteiger charge is -2.07. The van der Waals surface area contributed by atoms with E-state index in [1.165, 1.54) is 0 Å². The van der Waals surface area contributed by atoms with E-state index < -0.39 is 0 Å². The van der Waals surface area contributed by atoms with E-state index in [1.54, 1.807) is 30.5 Å². The highest BCUT2D eigenvalue weighted by Gasteiger charge is 2.08. The standard InChI is InChI=1S/C15H15N3O3/c1-2-12-8-18-15(21-12)9-17-14(19)10-20-13-6-4-3-5-11(13)7-16/h3-6,8H,2,9-10H2,1H3,(H,17,19). The van der Waals surface area contributed by atoms with Crippen molar-refractivity contribution in [2.75, 3.05) is 6.61 Å². The first-order chi connectivity index (χ1) is 10.2. The van der Waals surface area contributed by atoms with E-state index >= 15 is 0 Å². The molecule has 0 unspecified atom stereocenters. The molecular weight excluding hydrogens is 270 g/mol. The Morgan fingerprint density at radius 3 is 3.00 bits per heavy atom. The van der Waals surface area contributed by atoms with Gasteiger partial charge >= 0.3 is 0 Å². The minimum absolute atomic E-state index is 0.167. The second-order valence-corrected chi connectivity index (χ2v) is 4.25. The minimum Gasteiger partial charge on any atom is -0.482 e. The molecule has 6 nitrogen and oxygen atoms in total. The van der Waals surface area contributed by atoms with Crippen LogP contribution >= 0.6 is 0 Å². The maximum Gasteiger partial charge on any atom is 0.258 e. The number of aromatic nitrogens is 1. The van der Waals surface area contributed by atoms with Crippen LogP contribution in [0.4, 0.5) is 0 Å². The summed E-state index contributed by atoms with van der Waals surface area (Å²) in [7, 11) is 0. The molecule has 1 aromatic carbocycles. The van der Waals surface area contributed by atoms with Gasteiger partial charge in [0.05, 0.1) is 18.3 Å². The summed E-state index contributed by atoms with van der Waals surface area (Å²) in [5.74, 6) is 1.31. The molecule has 0 aliphatic carbocycles. The molecule has 1 heterocycles. The maximum atomic E-state index is 11.7. The van der Waals surface area contributed by atoms with Gasteiger partial charge in [0.15, 0.2) is 6.61 Å². The number of benzene rings is 1. The predicted molar refractivity (Wildman–Crippen MR) is 74.4 cm³/mol. The highest BCUT2D eigenvalue weighted by atomic mass is 16.5. The van der Waals surface area contributed by atoms with Crippen LogP contribution in [0.3, 0.4) is 0 Å². The van der Waals surface area contributed by atoms with Crippen LogP contribution < -0.4 is 10.1 Å². The van der Waals surface area contributed by atoms with Crippen molar-refractivity contribution in [1.29, 1.82) is 5.26 Å². The summed E-state index contributed by atoms with van der Waals surface area (Å²) in [5.41, 5.74) is 0.394. The van der Waals surface area contributed by atoms with Gasteiger partial charge in [-0.05, 0) is 12.1 Å². The Morgan fingerprint density at radius 1 is 1.48 bits per heavy atom. The Morgan fingerprint density at radius 2 is 2.29 bits per heavy atom. The first-order valence-electron chi connectivity index (χ1n) is 6.55. The summed E-state index contributed by atoms with van der Waals surface area (Å²) >= 11 is 0. The number of ether oxygens (including phenoxy) is 1. The molecule has 0 aliphatic heterocycles. The smallest absolute Gasteiger partial charge is 0.258 e. The summed E-state index contributed by atoms with van der Waals surface area (Å²) in [6, 6.07) is 8.76. The first-order valence-corrected chi connectivity index (χ1v) is 6.55. The summed E-state index contributed by atoms with van der Waals surface area (Å²) in [4.78, 5) is 15.7. The van der Waals surface area contributed by atoms with E-state index in [1.807, 2.05) is 13.0 Å². The third-order valence-electron chi connectivity index (χ3n) is 2.75. The average Bonchev–Trinajstić information content (AvgIpc) is 2.99. The van der Waals surface area contributed by atoms with Gasteiger partial charge in [-0.1, -0.05) is 19.1 Å². The van der Waals surface area contributed by atoms with Crippen LogP contribution in [0.25, 0.3) is 0 Å². The quantitative estimate of drug-likeness (QED) is 0.874. The Labute approximate surface area is 122 Å². The number of carbonyl (C=O) groups excluding carboxylic acids is 1. The molecule has 0 radical (unpaired) electrons. The van der Waals surface area contributed by atoms with Gasteiger partial charge < -0.3 is 14.5 Å². The van der Waals surface area contributed by atoms with Crippen LogP contribution in [0.15, 0.2) is 34.9 Å². The monoisotopic (exact) mass is 285 g/mol. The number of rotatable bonds is 6. The van der Waals surface area contributed by atoms with Gasteiger partial charge in [0.25, 0.3) is 5.91 Å². The molecule has 108 valence electrons. The molecule has 6 heteroatoms. The van der Waals surface area contributed by atoms with Gasteiger partial charge in [0.1, 0.15) is 17.6 Å². The number of nitriles is 1. The Hall–Kier alpha value is -2.81. The van der Waals surface area contributed by atoms with Crippen molar-refractivity contribution in [3.8, 4) is 11.8 Å². The van der Waals surface area contributed by atoms with Crippen molar-refractivity contribution >= 4 is 5.91 Å². The molecule has 0 atom stereocenters. The number of amides is 1. The van der Waals surface area contributed by atoms with Crippen molar-refractivity contribution < 1.29 is 13.9 Å². The van der Waals surface area contributed by atoms with E-state index in [0.29, 0.717) is 17.2 Å². The molecule has 1 amide bonds. The lowest BCUT2D eigenvalue weighted by Crippen LogP contribution is -2.28. The molecule has 21 heavy (non-hydrogen) atoms. The second-order valence-electron chi connectivity index (χ2n) is 4.25. The van der Waals surface area contributed by atoms with Crippen molar-refractivity contribution in [2.24, 2.45) is 0 Å². The van der Waals surface area contributed by atoms with Crippen LogP contribution in [0, 0.1) is 11.3 Å². The van der Waals surface area contributed by atoms with Crippen molar-refractivity contribution in [3.05, 3.63) is 47.7 Å². The zero-order valence-electron chi connectivity index (χ0n) is 11.6. The molecule has 0 saturated heterocycles. The third-order valence-corrected chi connectivity index (χ3v) is 2.75. The van der Waals surface area contributed by atoms with E-state index in [2.05, 4.69) is 10.3 Å². The van der Waals surface area contributed by atoms with E-state index in [9.17, 15) is 4.79 Å². The topological polar surface area (TPSA) is 88.1 Å². The molecule has 0 aliphatic rings. The van der Waals surface area contributed by atoms with Gasteiger partial charge in [0, 0.05) is 6.42 Å². The molecule has 1 N–H and O–H groups in total. The highest BCUT2D eigenvalue weighted by Crippen LogP contribution is 2.16. The fourth-order valence-electron chi connectivity index (χ4n) is 1.65. The molecular formula is C15H15N3O3. The number of oxazole rings is 1. The van der Waals surface area contributed by atoms with Gasteiger partial charge in [-0.15, -0.1) is 0 Å². The third kappa shape index (κ3) is 4.08. The average molecular weight is 285 g/mol. The maximum absolute atomic E-state index is 11.7.